The molecule has 1 aromatic carbocycles. The SMILES string of the molecule is O=C(O)CSc1cc(=O)oc2ccccc12. The predicted octanol–water partition coefficient (Wildman–Crippen LogP) is 1.97. The summed E-state index contributed by atoms with van der Waals surface area (Å²) >= 11 is 1.11. The van der Waals surface area contributed by atoms with E-state index in [4.69, 9.17) is 9.52 Å². The number of hydrogen-bond donors (Lipinski definition) is 1. The van der Waals surface area contributed by atoms with Crippen molar-refractivity contribution in [1.29, 1.82) is 0 Å². The van der Waals surface area contributed by atoms with Crippen LogP contribution in [-0.4, -0.2) is 16.8 Å². The van der Waals surface area contributed by atoms with E-state index in [-0.39, 0.29) is 5.75 Å². The van der Waals surface area contributed by atoms with Gasteiger partial charge in [0.1, 0.15) is 5.58 Å². The zero-order valence-electron chi connectivity index (χ0n) is 8.17. The van der Waals surface area contributed by atoms with Gasteiger partial charge in [-0.2, -0.15) is 0 Å². The Labute approximate surface area is 94.9 Å². The molecule has 1 heterocycles. The molecule has 0 unspecified atom stereocenters. The van der Waals surface area contributed by atoms with E-state index in [1.54, 1.807) is 18.2 Å². The van der Waals surface area contributed by atoms with Crippen LogP contribution in [0.15, 0.2) is 44.4 Å². The van der Waals surface area contributed by atoms with Crippen molar-refractivity contribution >= 4 is 28.7 Å². The van der Waals surface area contributed by atoms with Crippen LogP contribution in [0.3, 0.4) is 0 Å². The van der Waals surface area contributed by atoms with Crippen LogP contribution < -0.4 is 5.63 Å². The zero-order valence-corrected chi connectivity index (χ0v) is 8.99. The van der Waals surface area contributed by atoms with Gasteiger partial charge in [-0.25, -0.2) is 4.79 Å². The van der Waals surface area contributed by atoms with Gasteiger partial charge in [0.2, 0.25) is 0 Å². The number of rotatable bonds is 3. The minimum atomic E-state index is -0.915. The van der Waals surface area contributed by atoms with E-state index in [0.717, 1.165) is 17.1 Å². The first-order valence-electron chi connectivity index (χ1n) is 4.54. The number of thioether (sulfide) groups is 1. The molecule has 0 fully saturated rings. The molecule has 16 heavy (non-hydrogen) atoms. The number of hydrogen-bond acceptors (Lipinski definition) is 4. The lowest BCUT2D eigenvalue weighted by Gasteiger charge is -2.02. The second kappa shape index (κ2) is 4.40. The van der Waals surface area contributed by atoms with Crippen LogP contribution in [0.1, 0.15) is 0 Å². The molecule has 0 spiro atoms. The summed E-state index contributed by atoms with van der Waals surface area (Å²) < 4.78 is 4.99. The lowest BCUT2D eigenvalue weighted by molar-refractivity contribution is -0.133. The van der Waals surface area contributed by atoms with Crippen molar-refractivity contribution in [3.05, 3.63) is 40.8 Å². The van der Waals surface area contributed by atoms with Crippen molar-refractivity contribution in [2.75, 3.05) is 5.75 Å². The topological polar surface area (TPSA) is 67.5 Å². The van der Waals surface area contributed by atoms with Crippen LogP contribution in [0.4, 0.5) is 0 Å². The van der Waals surface area contributed by atoms with E-state index in [0.29, 0.717) is 10.5 Å². The summed E-state index contributed by atoms with van der Waals surface area (Å²) in [4.78, 5) is 22.3. The minimum absolute atomic E-state index is 0.0759. The van der Waals surface area contributed by atoms with Crippen LogP contribution in [0.2, 0.25) is 0 Å². The molecule has 0 bridgehead atoms. The highest BCUT2D eigenvalue weighted by molar-refractivity contribution is 8.00. The van der Waals surface area contributed by atoms with Crippen LogP contribution >= 0.6 is 11.8 Å². The molecule has 1 aromatic heterocycles. The Kier molecular flexibility index (Phi) is 2.96. The standard InChI is InChI=1S/C11H8O4S/c12-10(13)6-16-9-5-11(14)15-8-4-2-1-3-7(8)9/h1-5H,6H2,(H,12,13). The predicted molar refractivity (Wildman–Crippen MR) is 60.8 cm³/mol. The summed E-state index contributed by atoms with van der Waals surface area (Å²) in [6.07, 6.45) is 0. The maximum Gasteiger partial charge on any atom is 0.337 e. The fraction of sp³-hybridized carbons (Fsp3) is 0.0909. The summed E-state index contributed by atoms with van der Waals surface area (Å²) in [5.74, 6) is -0.990. The second-order valence-corrected chi connectivity index (χ2v) is 4.13. The third-order valence-electron chi connectivity index (χ3n) is 1.96. The highest BCUT2D eigenvalue weighted by Crippen LogP contribution is 2.25. The number of carboxylic acid groups (broad SMARTS) is 1. The van der Waals surface area contributed by atoms with Gasteiger partial charge in [0.15, 0.2) is 0 Å². The average Bonchev–Trinajstić information content (AvgIpc) is 2.25. The Bertz CT molecular complexity index is 588. The van der Waals surface area contributed by atoms with E-state index >= 15 is 0 Å². The largest absolute Gasteiger partial charge is 0.481 e. The van der Waals surface area contributed by atoms with Gasteiger partial charge in [0.25, 0.3) is 0 Å². The molecule has 2 aromatic rings. The Morgan fingerprint density at radius 3 is 2.88 bits per heavy atom. The van der Waals surface area contributed by atoms with E-state index in [1.165, 1.54) is 6.07 Å². The van der Waals surface area contributed by atoms with Crippen molar-refractivity contribution in [1.82, 2.24) is 0 Å². The molecule has 0 amide bonds. The van der Waals surface area contributed by atoms with Crippen molar-refractivity contribution < 1.29 is 14.3 Å². The van der Waals surface area contributed by atoms with Crippen molar-refractivity contribution in [3.63, 3.8) is 0 Å². The third kappa shape index (κ3) is 2.25. The van der Waals surface area contributed by atoms with Crippen LogP contribution in [0.25, 0.3) is 11.0 Å². The molecule has 82 valence electrons. The molecule has 4 nitrogen and oxygen atoms in total. The van der Waals surface area contributed by atoms with Crippen LogP contribution in [0.5, 0.6) is 0 Å². The molecule has 0 aliphatic heterocycles. The van der Waals surface area contributed by atoms with E-state index in [1.807, 2.05) is 6.07 Å². The Hall–Kier alpha value is -1.75. The minimum Gasteiger partial charge on any atom is -0.481 e. The van der Waals surface area contributed by atoms with Gasteiger partial charge in [0.05, 0.1) is 5.75 Å². The van der Waals surface area contributed by atoms with E-state index in [2.05, 4.69) is 0 Å². The number of aliphatic carboxylic acids is 1. The molecule has 0 saturated carbocycles. The fourth-order valence-corrected chi connectivity index (χ4v) is 2.12. The maximum atomic E-state index is 11.2. The van der Waals surface area contributed by atoms with Gasteiger partial charge in [0, 0.05) is 16.3 Å². The molecular weight excluding hydrogens is 228 g/mol. The van der Waals surface area contributed by atoms with Gasteiger partial charge >= 0.3 is 11.6 Å². The van der Waals surface area contributed by atoms with Crippen molar-refractivity contribution in [3.8, 4) is 0 Å². The van der Waals surface area contributed by atoms with Crippen LogP contribution in [-0.2, 0) is 4.79 Å². The van der Waals surface area contributed by atoms with Gasteiger partial charge in [-0.15, -0.1) is 11.8 Å². The summed E-state index contributed by atoms with van der Waals surface area (Å²) in [6, 6.07) is 8.37. The first-order chi connectivity index (χ1) is 7.66. The van der Waals surface area contributed by atoms with Crippen molar-refractivity contribution in [2.24, 2.45) is 0 Å². The Morgan fingerprint density at radius 2 is 2.12 bits per heavy atom. The number of fused-ring (bicyclic) bond motifs is 1. The lowest BCUT2D eigenvalue weighted by atomic mass is 10.2. The molecule has 2 rings (SSSR count). The smallest absolute Gasteiger partial charge is 0.337 e. The molecule has 0 saturated heterocycles. The number of benzene rings is 1. The van der Waals surface area contributed by atoms with Crippen molar-refractivity contribution in [2.45, 2.75) is 4.90 Å². The molecule has 0 radical (unpaired) electrons. The summed E-state index contributed by atoms with van der Waals surface area (Å²) in [5, 5.41) is 9.35. The van der Waals surface area contributed by atoms with Crippen LogP contribution in [0, 0.1) is 0 Å². The monoisotopic (exact) mass is 236 g/mol. The summed E-state index contributed by atoms with van der Waals surface area (Å²) in [7, 11) is 0. The van der Waals surface area contributed by atoms with Gasteiger partial charge in [-0.05, 0) is 6.07 Å². The molecule has 0 atom stereocenters. The zero-order chi connectivity index (χ0) is 11.5. The summed E-state index contributed by atoms with van der Waals surface area (Å²) in [6.45, 7) is 0. The normalized spacial score (nSPS) is 10.5. The average molecular weight is 236 g/mol. The number of carboxylic acids is 1. The second-order valence-electron chi connectivity index (χ2n) is 3.11. The first kappa shape index (κ1) is 10.8. The van der Waals surface area contributed by atoms with Gasteiger partial charge < -0.3 is 9.52 Å². The first-order valence-corrected chi connectivity index (χ1v) is 5.53. The Balaban J connectivity index is 2.50. The quantitative estimate of drug-likeness (QED) is 0.651. The number of para-hydroxylation sites is 1. The third-order valence-corrected chi connectivity index (χ3v) is 3.00. The molecule has 0 aliphatic carbocycles. The molecule has 5 heteroatoms. The lowest BCUT2D eigenvalue weighted by Crippen LogP contribution is -2.01. The van der Waals surface area contributed by atoms with E-state index in [9.17, 15) is 9.59 Å². The van der Waals surface area contributed by atoms with Gasteiger partial charge in [-0.3, -0.25) is 4.79 Å². The van der Waals surface area contributed by atoms with E-state index < -0.39 is 11.6 Å². The number of carbonyl (C=O) groups is 1. The highest BCUT2D eigenvalue weighted by atomic mass is 32.2. The maximum absolute atomic E-state index is 11.2. The van der Waals surface area contributed by atoms with Gasteiger partial charge in [-0.1, -0.05) is 18.2 Å². The molecular formula is C11H8O4S. The molecule has 0 aliphatic rings. The fourth-order valence-electron chi connectivity index (χ4n) is 1.34. The molecule has 1 N–H and O–H groups in total. The highest BCUT2D eigenvalue weighted by Gasteiger charge is 2.07. The summed E-state index contributed by atoms with van der Waals surface area (Å²) in [5.41, 5.74) is 0.00878. The Morgan fingerprint density at radius 1 is 1.38 bits per heavy atom.